The van der Waals surface area contributed by atoms with Crippen LogP contribution >= 0.6 is 34.8 Å². The van der Waals surface area contributed by atoms with Gasteiger partial charge in [0.05, 0.1) is 5.69 Å². The topological polar surface area (TPSA) is 70.2 Å². The fourth-order valence-electron chi connectivity index (χ4n) is 2.92. The van der Waals surface area contributed by atoms with E-state index < -0.39 is 10.0 Å². The smallest absolute Gasteiger partial charge is 0.263 e. The second-order valence-corrected chi connectivity index (χ2v) is 10.8. The number of thiocarbonyl (C=S) groups is 1. The van der Waals surface area contributed by atoms with Gasteiger partial charge in [-0.3, -0.25) is 4.72 Å². The summed E-state index contributed by atoms with van der Waals surface area (Å²) in [5, 5.41) is 6.45. The fraction of sp³-hybridized carbons (Fsp3) is 0.174. The Bertz CT molecular complexity index is 1180. The molecule has 0 aliphatic rings. The zero-order chi connectivity index (χ0) is 22.6. The van der Waals surface area contributed by atoms with Gasteiger partial charge in [-0.05, 0) is 107 Å². The molecule has 5 nitrogen and oxygen atoms in total. The van der Waals surface area contributed by atoms with Crippen molar-refractivity contribution < 1.29 is 8.42 Å². The first-order valence-corrected chi connectivity index (χ1v) is 12.7. The molecule has 0 aliphatic heterocycles. The van der Waals surface area contributed by atoms with Crippen molar-refractivity contribution in [1.82, 2.24) is 0 Å². The third-order valence-corrected chi connectivity index (χ3v) is 6.95. The molecule has 31 heavy (non-hydrogen) atoms. The second-order valence-electron chi connectivity index (χ2n) is 7.47. The van der Waals surface area contributed by atoms with Gasteiger partial charge in [0.15, 0.2) is 5.11 Å². The van der Waals surface area contributed by atoms with Crippen LogP contribution in [-0.2, 0) is 10.0 Å². The van der Waals surface area contributed by atoms with Crippen molar-refractivity contribution in [3.63, 3.8) is 0 Å². The van der Waals surface area contributed by atoms with E-state index in [0.717, 1.165) is 14.8 Å². The van der Waals surface area contributed by atoms with Crippen LogP contribution in [0, 0.1) is 10.5 Å². The Morgan fingerprint density at radius 2 is 1.52 bits per heavy atom. The first kappa shape index (κ1) is 23.5. The second kappa shape index (κ2) is 9.97. The molecule has 162 valence electrons. The molecule has 0 amide bonds. The van der Waals surface area contributed by atoms with Crippen molar-refractivity contribution in [3.05, 3.63) is 81.4 Å². The standard InChI is InChI=1S/C23H24IN3O2S2/c1-15(2)17-5-9-19(10-6-17)25-23(30)26-21-13-4-16(3)14-22(21)31(28,29)27-20-11-7-18(24)8-12-20/h4-15,27H,1-3H3,(H2,25,26,30). The molecule has 3 rings (SSSR count). The van der Waals surface area contributed by atoms with Crippen molar-refractivity contribution in [2.24, 2.45) is 0 Å². The predicted octanol–water partition coefficient (Wildman–Crippen LogP) is 6.33. The van der Waals surface area contributed by atoms with Crippen molar-refractivity contribution in [2.45, 2.75) is 31.6 Å². The van der Waals surface area contributed by atoms with Gasteiger partial charge in [0.2, 0.25) is 0 Å². The zero-order valence-electron chi connectivity index (χ0n) is 17.4. The average molecular weight is 566 g/mol. The monoisotopic (exact) mass is 565 g/mol. The van der Waals surface area contributed by atoms with E-state index in [0.29, 0.717) is 22.4 Å². The minimum atomic E-state index is -3.82. The first-order valence-electron chi connectivity index (χ1n) is 9.71. The van der Waals surface area contributed by atoms with Crippen molar-refractivity contribution in [2.75, 3.05) is 15.4 Å². The first-order chi connectivity index (χ1) is 14.6. The van der Waals surface area contributed by atoms with Crippen LogP contribution in [0.4, 0.5) is 17.1 Å². The van der Waals surface area contributed by atoms with Crippen molar-refractivity contribution in [3.8, 4) is 0 Å². The summed E-state index contributed by atoms with van der Waals surface area (Å²) in [6.07, 6.45) is 0. The number of benzene rings is 3. The van der Waals surface area contributed by atoms with Gasteiger partial charge in [0.1, 0.15) is 4.90 Å². The SMILES string of the molecule is Cc1ccc(NC(=S)Nc2ccc(C(C)C)cc2)c(S(=O)(=O)Nc2ccc(I)cc2)c1. The average Bonchev–Trinajstić information content (AvgIpc) is 2.71. The highest BCUT2D eigenvalue weighted by molar-refractivity contribution is 14.1. The highest BCUT2D eigenvalue weighted by atomic mass is 127. The molecule has 3 aromatic rings. The summed E-state index contributed by atoms with van der Waals surface area (Å²) in [5.74, 6) is 0.444. The van der Waals surface area contributed by atoms with Gasteiger partial charge < -0.3 is 10.6 Å². The Morgan fingerprint density at radius 3 is 2.13 bits per heavy atom. The van der Waals surface area contributed by atoms with Crippen LogP contribution in [0.25, 0.3) is 0 Å². The van der Waals surface area contributed by atoms with E-state index in [-0.39, 0.29) is 4.90 Å². The summed E-state index contributed by atoms with van der Waals surface area (Å²) in [6.45, 7) is 6.12. The highest BCUT2D eigenvalue weighted by Gasteiger charge is 2.20. The zero-order valence-corrected chi connectivity index (χ0v) is 21.2. The molecule has 0 unspecified atom stereocenters. The largest absolute Gasteiger partial charge is 0.332 e. The normalized spacial score (nSPS) is 11.3. The third-order valence-electron chi connectivity index (χ3n) is 4.61. The molecule has 3 aromatic carbocycles. The Balaban J connectivity index is 1.80. The molecule has 0 aromatic heterocycles. The van der Waals surface area contributed by atoms with E-state index in [9.17, 15) is 8.42 Å². The van der Waals surface area contributed by atoms with Gasteiger partial charge >= 0.3 is 0 Å². The Labute approximate surface area is 202 Å². The predicted molar refractivity (Wildman–Crippen MR) is 142 cm³/mol. The maximum Gasteiger partial charge on any atom is 0.263 e. The summed E-state index contributed by atoms with van der Waals surface area (Å²) in [4.78, 5) is 0.130. The number of halogens is 1. The van der Waals surface area contributed by atoms with Gasteiger partial charge in [-0.2, -0.15) is 0 Å². The minimum Gasteiger partial charge on any atom is -0.332 e. The third kappa shape index (κ3) is 6.41. The molecule has 0 fully saturated rings. The molecule has 0 spiro atoms. The van der Waals surface area contributed by atoms with Crippen LogP contribution in [0.1, 0.15) is 30.9 Å². The highest BCUT2D eigenvalue weighted by Crippen LogP contribution is 2.26. The lowest BCUT2D eigenvalue weighted by molar-refractivity contribution is 0.601. The molecule has 0 saturated heterocycles. The molecule has 3 N–H and O–H groups in total. The molecule has 0 radical (unpaired) electrons. The number of nitrogens with one attached hydrogen (secondary N) is 3. The Hall–Kier alpha value is -2.17. The van der Waals surface area contributed by atoms with Crippen molar-refractivity contribution >= 4 is 67.0 Å². The molecular weight excluding hydrogens is 541 g/mol. The lowest BCUT2D eigenvalue weighted by atomic mass is 10.0. The number of sulfonamides is 1. The maximum absolute atomic E-state index is 13.1. The summed E-state index contributed by atoms with van der Waals surface area (Å²) in [5.41, 5.74) is 3.80. The van der Waals surface area contributed by atoms with Crippen LogP contribution < -0.4 is 15.4 Å². The van der Waals surface area contributed by atoms with Crippen LogP contribution in [-0.4, -0.2) is 13.5 Å². The summed E-state index contributed by atoms with van der Waals surface area (Å²) < 4.78 is 29.8. The van der Waals surface area contributed by atoms with E-state index >= 15 is 0 Å². The van der Waals surface area contributed by atoms with E-state index in [4.69, 9.17) is 12.2 Å². The van der Waals surface area contributed by atoms with Crippen LogP contribution in [0.5, 0.6) is 0 Å². The number of aryl methyl sites for hydroxylation is 1. The minimum absolute atomic E-state index is 0.130. The van der Waals surface area contributed by atoms with Gasteiger partial charge in [-0.15, -0.1) is 0 Å². The van der Waals surface area contributed by atoms with E-state index in [1.807, 2.05) is 49.4 Å². The Kier molecular flexibility index (Phi) is 7.55. The van der Waals surface area contributed by atoms with Gasteiger partial charge in [0, 0.05) is 14.9 Å². The molecule has 0 heterocycles. The van der Waals surface area contributed by atoms with Gasteiger partial charge in [-0.1, -0.05) is 32.0 Å². The van der Waals surface area contributed by atoms with Gasteiger partial charge in [0.25, 0.3) is 10.0 Å². The number of hydrogen-bond acceptors (Lipinski definition) is 3. The molecule has 0 saturated carbocycles. The van der Waals surface area contributed by atoms with Crippen LogP contribution in [0.15, 0.2) is 71.6 Å². The van der Waals surface area contributed by atoms with Crippen LogP contribution in [0.3, 0.4) is 0 Å². The van der Waals surface area contributed by atoms with E-state index in [2.05, 4.69) is 51.8 Å². The lowest BCUT2D eigenvalue weighted by Gasteiger charge is -2.16. The fourth-order valence-corrected chi connectivity index (χ4v) is 4.81. The molecule has 0 aliphatic carbocycles. The number of anilines is 3. The van der Waals surface area contributed by atoms with E-state index in [1.165, 1.54) is 5.56 Å². The summed E-state index contributed by atoms with van der Waals surface area (Å²) in [7, 11) is -3.82. The number of rotatable bonds is 6. The lowest BCUT2D eigenvalue weighted by Crippen LogP contribution is -2.22. The molecule has 0 atom stereocenters. The van der Waals surface area contributed by atoms with Crippen LogP contribution in [0.2, 0.25) is 0 Å². The summed E-state index contributed by atoms with van der Waals surface area (Å²) in [6, 6.07) is 20.3. The van der Waals surface area contributed by atoms with Crippen molar-refractivity contribution in [1.29, 1.82) is 0 Å². The summed E-state index contributed by atoms with van der Waals surface area (Å²) >= 11 is 7.60. The molecular formula is C23H24IN3O2S2. The maximum atomic E-state index is 13.1. The molecule has 0 bridgehead atoms. The quantitative estimate of drug-likeness (QED) is 0.241. The number of hydrogen-bond donors (Lipinski definition) is 3. The Morgan fingerprint density at radius 1 is 0.903 bits per heavy atom. The van der Waals surface area contributed by atoms with E-state index in [1.54, 1.807) is 24.3 Å². The van der Waals surface area contributed by atoms with Gasteiger partial charge in [-0.25, -0.2) is 8.42 Å². The molecule has 8 heteroatoms.